The molecule has 7 nitrogen and oxygen atoms in total. The van der Waals surface area contributed by atoms with Gasteiger partial charge in [-0.1, -0.05) is 0 Å². The number of anilines is 1. The number of amides is 1. The summed E-state index contributed by atoms with van der Waals surface area (Å²) in [5.74, 6) is 0.825. The summed E-state index contributed by atoms with van der Waals surface area (Å²) in [6.07, 6.45) is 0.594. The van der Waals surface area contributed by atoms with Crippen LogP contribution in [0.3, 0.4) is 0 Å². The fraction of sp³-hybridized carbons (Fsp3) is 0.667. The molecule has 1 amide bonds. The van der Waals surface area contributed by atoms with Gasteiger partial charge in [-0.2, -0.15) is 5.10 Å². The largest absolute Gasteiger partial charge is 0.310 e. The minimum absolute atomic E-state index is 0.0703. The van der Waals surface area contributed by atoms with Crippen LogP contribution in [0, 0.1) is 6.92 Å². The molecule has 1 atom stereocenters. The number of nitrogens with zero attached hydrogens (tertiary/aromatic N) is 3. The van der Waals surface area contributed by atoms with Gasteiger partial charge in [0.2, 0.25) is 5.91 Å². The normalized spacial score (nSPS) is 21.3. The molecule has 1 fully saturated rings. The van der Waals surface area contributed by atoms with Crippen LogP contribution in [0.4, 0.5) is 5.82 Å². The average Bonchev–Trinajstić information content (AvgIpc) is 2.82. The van der Waals surface area contributed by atoms with E-state index in [-0.39, 0.29) is 30.0 Å². The number of carbonyl (C=O) groups is 1. The number of aromatic nitrogens is 2. The Bertz CT molecular complexity index is 608. The fourth-order valence-electron chi connectivity index (χ4n) is 2.39. The molecule has 2 rings (SSSR count). The summed E-state index contributed by atoms with van der Waals surface area (Å²) in [4.78, 5) is 13.8. The van der Waals surface area contributed by atoms with E-state index in [9.17, 15) is 13.2 Å². The van der Waals surface area contributed by atoms with Crippen molar-refractivity contribution in [2.24, 2.45) is 7.05 Å². The molecule has 8 heteroatoms. The van der Waals surface area contributed by atoms with Gasteiger partial charge in [-0.05, 0) is 20.4 Å². The molecule has 0 spiro atoms. The molecule has 0 saturated carbocycles. The van der Waals surface area contributed by atoms with Crippen LogP contribution in [0.5, 0.6) is 0 Å². The summed E-state index contributed by atoms with van der Waals surface area (Å²) in [7, 11) is 0.611. The van der Waals surface area contributed by atoms with Crippen LogP contribution in [-0.4, -0.2) is 60.1 Å². The lowest BCUT2D eigenvalue weighted by atomic mass is 10.2. The molecule has 0 radical (unpaired) electrons. The highest BCUT2D eigenvalue weighted by atomic mass is 32.2. The molecule has 1 aliphatic heterocycles. The highest BCUT2D eigenvalue weighted by molar-refractivity contribution is 7.91. The lowest BCUT2D eigenvalue weighted by Crippen LogP contribution is -2.38. The van der Waals surface area contributed by atoms with Gasteiger partial charge in [0.15, 0.2) is 9.84 Å². The number of nitrogens with one attached hydrogen (secondary N) is 1. The highest BCUT2D eigenvalue weighted by Gasteiger charge is 2.31. The van der Waals surface area contributed by atoms with Gasteiger partial charge in [-0.25, -0.2) is 8.42 Å². The Morgan fingerprint density at radius 1 is 1.60 bits per heavy atom. The monoisotopic (exact) mass is 300 g/mol. The van der Waals surface area contributed by atoms with Crippen LogP contribution in [0.2, 0.25) is 0 Å². The van der Waals surface area contributed by atoms with Gasteiger partial charge in [0, 0.05) is 19.2 Å². The van der Waals surface area contributed by atoms with E-state index in [2.05, 4.69) is 10.4 Å². The first-order chi connectivity index (χ1) is 9.27. The first-order valence-corrected chi connectivity index (χ1v) is 8.30. The van der Waals surface area contributed by atoms with E-state index in [1.165, 1.54) is 0 Å². The zero-order chi connectivity index (χ0) is 14.9. The maximum atomic E-state index is 12.0. The third-order valence-electron chi connectivity index (χ3n) is 3.49. The van der Waals surface area contributed by atoms with Crippen molar-refractivity contribution in [3.8, 4) is 0 Å². The minimum atomic E-state index is -2.93. The van der Waals surface area contributed by atoms with Gasteiger partial charge < -0.3 is 5.32 Å². The van der Waals surface area contributed by atoms with Crippen LogP contribution >= 0.6 is 0 Å². The van der Waals surface area contributed by atoms with Crippen LogP contribution in [0.25, 0.3) is 0 Å². The maximum absolute atomic E-state index is 12.0. The van der Waals surface area contributed by atoms with Crippen LogP contribution in [-0.2, 0) is 21.7 Å². The number of hydrogen-bond donors (Lipinski definition) is 1. The lowest BCUT2D eigenvalue weighted by Gasteiger charge is -2.22. The van der Waals surface area contributed by atoms with E-state index < -0.39 is 9.84 Å². The smallest absolute Gasteiger partial charge is 0.239 e. The number of rotatable bonds is 4. The second kappa shape index (κ2) is 5.53. The van der Waals surface area contributed by atoms with E-state index in [1.807, 2.05) is 6.92 Å². The highest BCUT2D eigenvalue weighted by Crippen LogP contribution is 2.16. The molecule has 1 unspecified atom stereocenters. The Balaban J connectivity index is 1.90. The van der Waals surface area contributed by atoms with Crippen LogP contribution in [0.1, 0.15) is 12.1 Å². The third-order valence-corrected chi connectivity index (χ3v) is 5.24. The molecule has 112 valence electrons. The van der Waals surface area contributed by atoms with Crippen molar-refractivity contribution < 1.29 is 13.2 Å². The summed E-state index contributed by atoms with van der Waals surface area (Å²) < 4.78 is 24.5. The van der Waals surface area contributed by atoms with E-state index in [0.29, 0.717) is 12.2 Å². The molecule has 0 bridgehead atoms. The summed E-state index contributed by atoms with van der Waals surface area (Å²) in [6.45, 7) is 2.02. The fourth-order valence-corrected chi connectivity index (χ4v) is 4.19. The molecule has 0 aromatic carbocycles. The zero-order valence-corrected chi connectivity index (χ0v) is 12.8. The van der Waals surface area contributed by atoms with Crippen LogP contribution < -0.4 is 5.32 Å². The third kappa shape index (κ3) is 3.57. The summed E-state index contributed by atoms with van der Waals surface area (Å²) in [5.41, 5.74) is 0.832. The Kier molecular flexibility index (Phi) is 4.14. The van der Waals surface area contributed by atoms with Gasteiger partial charge in [0.05, 0.1) is 23.7 Å². The molecule has 0 aliphatic carbocycles. The van der Waals surface area contributed by atoms with Crippen molar-refractivity contribution in [1.82, 2.24) is 14.7 Å². The molecule has 1 N–H and O–H groups in total. The SMILES string of the molecule is Cc1cc(NC(=O)CN(C)C2CCS(=O)(=O)C2)n(C)n1. The van der Waals surface area contributed by atoms with Gasteiger partial charge >= 0.3 is 0 Å². The van der Waals surface area contributed by atoms with Crippen molar-refractivity contribution in [3.63, 3.8) is 0 Å². The predicted molar refractivity (Wildman–Crippen MR) is 76.3 cm³/mol. The average molecular weight is 300 g/mol. The maximum Gasteiger partial charge on any atom is 0.239 e. The Morgan fingerprint density at radius 2 is 2.30 bits per heavy atom. The standard InChI is InChI=1S/C12H20N4O3S/c1-9-6-11(16(3)14-9)13-12(17)7-15(2)10-4-5-20(18,19)8-10/h6,10H,4-5,7-8H2,1-3H3,(H,13,17). The van der Waals surface area contributed by atoms with Crippen molar-refractivity contribution >= 4 is 21.6 Å². The molecule has 20 heavy (non-hydrogen) atoms. The topological polar surface area (TPSA) is 84.3 Å². The lowest BCUT2D eigenvalue weighted by molar-refractivity contribution is -0.117. The molecule has 1 saturated heterocycles. The van der Waals surface area contributed by atoms with E-state index in [1.54, 1.807) is 29.7 Å². The Labute approximate surface area is 118 Å². The number of carbonyl (C=O) groups excluding carboxylic acids is 1. The predicted octanol–water partition coefficient (Wildman–Crippen LogP) is -0.214. The van der Waals surface area contributed by atoms with Crippen molar-refractivity contribution in [3.05, 3.63) is 11.8 Å². The number of likely N-dealkylation sites (N-methyl/N-ethyl adjacent to an activating group) is 1. The molecule has 1 aromatic rings. The Morgan fingerprint density at radius 3 is 2.80 bits per heavy atom. The molecule has 1 aromatic heterocycles. The summed E-state index contributed by atoms with van der Waals surface area (Å²) in [5, 5.41) is 6.93. The quantitative estimate of drug-likeness (QED) is 0.831. The Hall–Kier alpha value is -1.41. The molecule has 2 heterocycles. The second-order valence-corrected chi connectivity index (χ2v) is 7.54. The molecular weight excluding hydrogens is 280 g/mol. The second-order valence-electron chi connectivity index (χ2n) is 5.31. The van der Waals surface area contributed by atoms with E-state index >= 15 is 0 Å². The van der Waals surface area contributed by atoms with Gasteiger partial charge in [-0.3, -0.25) is 14.4 Å². The number of sulfone groups is 1. The molecule has 1 aliphatic rings. The van der Waals surface area contributed by atoms with Crippen molar-refractivity contribution in [2.45, 2.75) is 19.4 Å². The van der Waals surface area contributed by atoms with Crippen molar-refractivity contribution in [1.29, 1.82) is 0 Å². The molecular formula is C12H20N4O3S. The van der Waals surface area contributed by atoms with Crippen LogP contribution in [0.15, 0.2) is 6.07 Å². The van der Waals surface area contributed by atoms with E-state index in [0.717, 1.165) is 5.69 Å². The first kappa shape index (κ1) is 15.0. The minimum Gasteiger partial charge on any atom is -0.310 e. The summed E-state index contributed by atoms with van der Waals surface area (Å²) >= 11 is 0. The van der Waals surface area contributed by atoms with Crippen molar-refractivity contribution in [2.75, 3.05) is 30.4 Å². The summed E-state index contributed by atoms with van der Waals surface area (Å²) in [6, 6.07) is 1.72. The van der Waals surface area contributed by atoms with Gasteiger partial charge in [-0.15, -0.1) is 0 Å². The van der Waals surface area contributed by atoms with E-state index in [4.69, 9.17) is 0 Å². The number of aryl methyl sites for hydroxylation is 2. The first-order valence-electron chi connectivity index (χ1n) is 6.48. The van der Waals surface area contributed by atoms with Gasteiger partial charge in [0.1, 0.15) is 5.82 Å². The zero-order valence-electron chi connectivity index (χ0n) is 12.0. The van der Waals surface area contributed by atoms with Gasteiger partial charge in [0.25, 0.3) is 0 Å². The number of hydrogen-bond acceptors (Lipinski definition) is 5.